The molecule has 0 bridgehead atoms. The molecule has 2 aliphatic rings. The van der Waals surface area contributed by atoms with Crippen molar-refractivity contribution in [3.05, 3.63) is 216 Å². The average Bonchev–Trinajstić information content (AvgIpc) is 1.41. The van der Waals surface area contributed by atoms with Crippen LogP contribution in [-0.4, -0.2) is 15.6 Å². The Morgan fingerprint density at radius 1 is 0.556 bits per heavy atom. The van der Waals surface area contributed by atoms with E-state index in [1.165, 1.54) is 22.3 Å². The first-order valence-electron chi connectivity index (χ1n) is 29.8. The first kappa shape index (κ1) is 51.7. The molecule has 0 radical (unpaired) electrons. The summed E-state index contributed by atoms with van der Waals surface area (Å²) in [4.78, 5) is 5.21. The molecule has 0 fully saturated rings. The van der Waals surface area contributed by atoms with E-state index < -0.39 is 6.85 Å². The zero-order chi connectivity index (χ0) is 58.8. The molecule has 1 aliphatic heterocycles. The smallest absolute Gasteiger partial charge is 0.509 e. The van der Waals surface area contributed by atoms with Gasteiger partial charge in [0.25, 0.3) is 11.4 Å². The minimum Gasteiger partial charge on any atom is -0.509 e. The predicted molar refractivity (Wildman–Crippen MR) is 336 cm³/mol. The third-order valence-electron chi connectivity index (χ3n) is 16.9. The molecule has 0 unspecified atom stereocenters. The molecule has 8 aromatic carbocycles. The van der Waals surface area contributed by atoms with Crippen LogP contribution in [0.2, 0.25) is 0 Å². The average molecular weight is 1250 g/mol. The summed E-state index contributed by atoms with van der Waals surface area (Å²) in [6.45, 7) is 27.1. The number of aromatic nitrogens is 2. The molecule has 3 heterocycles. The minimum atomic E-state index is -2.44. The zero-order valence-corrected chi connectivity index (χ0v) is 51.4. The number of hydrogen-bond acceptors (Lipinski definition) is 2. The molecule has 10 aromatic rings. The predicted octanol–water partition coefficient (Wildman–Crippen LogP) is 20.0. The molecular weight excluding hydrogens is 1170 g/mol. The number of rotatable bonds is 8. The van der Waals surface area contributed by atoms with Crippen molar-refractivity contribution < 1.29 is 29.9 Å². The number of fused-ring (bicyclic) bond motifs is 5. The largest absolute Gasteiger partial charge is 2.00 e. The third kappa shape index (κ3) is 10.1. The fourth-order valence-corrected chi connectivity index (χ4v) is 12.1. The van der Waals surface area contributed by atoms with Crippen molar-refractivity contribution in [2.75, 3.05) is 0 Å². The minimum absolute atomic E-state index is 0. The molecular formula is C75H74N4OPt+2. The van der Waals surface area contributed by atoms with E-state index in [9.17, 15) is 0 Å². The van der Waals surface area contributed by atoms with Crippen LogP contribution in [0.3, 0.4) is 0 Å². The molecule has 0 atom stereocenters. The SMILES string of the molecule is [2H]C([2H])([2H])c1cc(-n2c3[c-]c(Oc4[c-]c([N+]5=C=[N+](c6c(-c7ccccc7)cccc6-c6cc(C(C)(C)C)cc(C(C)(C)C)c6)c6ccccc65)ccc4)ccc3c3ccc(C(C)(C)C)cc32)ncc1-c1cccc2c1C(C)(C)CCC2(C)C.[Pt+2]. The van der Waals surface area contributed by atoms with Gasteiger partial charge in [0.1, 0.15) is 11.5 Å². The third-order valence-corrected chi connectivity index (χ3v) is 16.9. The van der Waals surface area contributed by atoms with Gasteiger partial charge in [0.15, 0.2) is 0 Å². The van der Waals surface area contributed by atoms with Crippen LogP contribution >= 0.6 is 0 Å². The second kappa shape index (κ2) is 20.2. The van der Waals surface area contributed by atoms with E-state index >= 15 is 0 Å². The van der Waals surface area contributed by atoms with Crippen LogP contribution in [0.5, 0.6) is 11.5 Å². The number of aryl methyl sites for hydroxylation is 1. The van der Waals surface area contributed by atoms with Gasteiger partial charge in [0.05, 0.1) is 11.1 Å². The van der Waals surface area contributed by atoms with Crippen LogP contribution in [0, 0.1) is 19.0 Å². The Morgan fingerprint density at radius 3 is 1.85 bits per heavy atom. The summed E-state index contributed by atoms with van der Waals surface area (Å²) in [5, 5.41) is 1.95. The monoisotopic (exact) mass is 1240 g/mol. The zero-order valence-electron chi connectivity index (χ0n) is 52.1. The maximum atomic E-state index is 9.07. The fraction of sp³-hybridized carbons (Fsp3) is 0.280. The molecule has 0 amide bonds. The Bertz CT molecular complexity index is 4290. The summed E-state index contributed by atoms with van der Waals surface area (Å²) >= 11 is 0. The van der Waals surface area contributed by atoms with Crippen LogP contribution in [-0.2, 0) is 48.1 Å². The van der Waals surface area contributed by atoms with Crippen molar-refractivity contribution >= 4 is 50.6 Å². The molecule has 6 heteroatoms. The van der Waals surface area contributed by atoms with Crippen LogP contribution < -0.4 is 13.9 Å². The molecule has 408 valence electrons. The molecule has 81 heavy (non-hydrogen) atoms. The van der Waals surface area contributed by atoms with Crippen molar-refractivity contribution in [1.82, 2.24) is 18.7 Å². The Hall–Kier alpha value is -7.42. The van der Waals surface area contributed by atoms with Crippen LogP contribution in [0.4, 0.5) is 22.7 Å². The molecule has 0 saturated carbocycles. The summed E-state index contributed by atoms with van der Waals surface area (Å²) < 4.78 is 40.4. The van der Waals surface area contributed by atoms with Gasteiger partial charge < -0.3 is 9.30 Å². The number of benzene rings is 8. The standard InChI is InChI=1S/C75H74N4O.Pt/c1-48-39-68(76-46-62(48)61-29-22-30-63-69(61)75(13,14)38-37-74(63,11)12)79-66-43-51(71(2,3)4)33-35-59(66)60-36-34-56(45-67(60)79)80-55-26-20-25-54(44-55)77-47-78(65-32-19-18-31-64(65)77)70-57(49-23-16-15-17-24-49)27-21-28-58(70)50-40-52(72(5,6)7)42-53(41-50)73(8,9)10;/h15-36,39-43,46H,37-38H2,1-14H3;/q;+2/i1D3;. The van der Waals surface area contributed by atoms with Crippen LogP contribution in [0.25, 0.3) is 61.0 Å². The van der Waals surface area contributed by atoms with E-state index in [0.29, 0.717) is 22.9 Å². The van der Waals surface area contributed by atoms with Crippen molar-refractivity contribution in [1.29, 1.82) is 0 Å². The van der Waals surface area contributed by atoms with Gasteiger partial charge in [-0.05, 0) is 131 Å². The first-order valence-corrected chi connectivity index (χ1v) is 28.3. The summed E-state index contributed by atoms with van der Waals surface area (Å²) in [5.41, 5.74) is 17.3. The second-order valence-corrected chi connectivity index (χ2v) is 26.6. The molecule has 1 aliphatic carbocycles. The van der Waals surface area contributed by atoms with E-state index in [4.69, 9.17) is 13.8 Å². The van der Waals surface area contributed by atoms with E-state index in [-0.39, 0.29) is 53.7 Å². The van der Waals surface area contributed by atoms with Gasteiger partial charge in [-0.2, -0.15) is 12.1 Å². The van der Waals surface area contributed by atoms with Crippen molar-refractivity contribution in [3.8, 4) is 50.7 Å². The van der Waals surface area contributed by atoms with Gasteiger partial charge in [0.2, 0.25) is 5.69 Å². The van der Waals surface area contributed by atoms with Crippen LogP contribution in [0.1, 0.15) is 140 Å². The van der Waals surface area contributed by atoms with Gasteiger partial charge in [-0.1, -0.05) is 209 Å². The van der Waals surface area contributed by atoms with Gasteiger partial charge in [-0.3, -0.25) is 0 Å². The van der Waals surface area contributed by atoms with Gasteiger partial charge in [-0.15, -0.1) is 23.6 Å². The van der Waals surface area contributed by atoms with E-state index in [1.807, 2.05) is 24.3 Å². The van der Waals surface area contributed by atoms with E-state index in [1.54, 1.807) is 12.3 Å². The number of hydrogen-bond donors (Lipinski definition) is 0. The van der Waals surface area contributed by atoms with Crippen molar-refractivity contribution in [2.45, 2.75) is 137 Å². The van der Waals surface area contributed by atoms with Crippen LogP contribution in [0.15, 0.2) is 170 Å². The van der Waals surface area contributed by atoms with Crippen molar-refractivity contribution in [3.63, 3.8) is 0 Å². The summed E-state index contributed by atoms with van der Waals surface area (Å²) in [6.07, 6.45) is 3.84. The molecule has 12 rings (SSSR count). The molecule has 5 nitrogen and oxygen atoms in total. The molecule has 0 N–H and O–H groups in total. The number of nitrogens with zero attached hydrogens (tertiary/aromatic N) is 4. The molecule has 2 aromatic heterocycles. The Labute approximate surface area is 499 Å². The molecule has 0 saturated heterocycles. The number of para-hydroxylation sites is 3. The van der Waals surface area contributed by atoms with Gasteiger partial charge in [-0.25, -0.2) is 4.98 Å². The van der Waals surface area contributed by atoms with Gasteiger partial charge >= 0.3 is 27.1 Å². The number of pyridine rings is 1. The normalized spacial score (nSPS) is 15.4. The van der Waals surface area contributed by atoms with Gasteiger partial charge in [0, 0.05) is 45.0 Å². The van der Waals surface area contributed by atoms with E-state index in [2.05, 4.69) is 255 Å². The van der Waals surface area contributed by atoms with Crippen molar-refractivity contribution in [2.24, 2.45) is 0 Å². The summed E-state index contributed by atoms with van der Waals surface area (Å²) in [7, 11) is 0. The number of ether oxygens (including phenoxy) is 1. The quantitative estimate of drug-likeness (QED) is 0.112. The second-order valence-electron chi connectivity index (χ2n) is 26.6. The Balaban J connectivity index is 0.00000736. The maximum absolute atomic E-state index is 9.07. The fourth-order valence-electron chi connectivity index (χ4n) is 12.1. The molecule has 0 spiro atoms. The Morgan fingerprint density at radius 2 is 1.16 bits per heavy atom. The topological polar surface area (TPSA) is 33.1 Å². The summed E-state index contributed by atoms with van der Waals surface area (Å²) in [5.74, 6) is 1.47. The first-order chi connectivity index (χ1) is 39.2. The maximum Gasteiger partial charge on any atom is 2.00 e. The summed E-state index contributed by atoms with van der Waals surface area (Å²) in [6, 6.07) is 68.6. The van der Waals surface area contributed by atoms with E-state index in [0.717, 1.165) is 90.8 Å². The Kier molecular flexibility index (Phi) is 12.9.